The Labute approximate surface area is 86.2 Å². The van der Waals surface area contributed by atoms with Gasteiger partial charge in [-0.3, -0.25) is 0 Å². The van der Waals surface area contributed by atoms with Crippen LogP contribution < -0.4 is 5.32 Å². The molecule has 0 aliphatic carbocycles. The monoisotopic (exact) mass is 247 g/mol. The molecule has 0 heterocycles. The first-order valence-electron chi connectivity index (χ1n) is 3.88. The van der Waals surface area contributed by atoms with E-state index in [0.717, 1.165) is 23.1 Å². The van der Waals surface area contributed by atoms with Crippen molar-refractivity contribution in [2.45, 2.75) is 6.42 Å². The van der Waals surface area contributed by atoms with Crippen molar-refractivity contribution in [1.29, 1.82) is 0 Å². The zero-order valence-electron chi connectivity index (χ0n) is 6.69. The molecule has 12 heavy (non-hydrogen) atoms. The Hall–Kier alpha value is -0.210. The molecule has 0 amide bonds. The van der Waals surface area contributed by atoms with Crippen LogP contribution in [0.1, 0.15) is 6.42 Å². The molecule has 0 radical (unpaired) electrons. The number of nitrogens with one attached hydrogen (secondary N) is 1. The summed E-state index contributed by atoms with van der Waals surface area (Å²) < 4.78 is 1.10. The summed E-state index contributed by atoms with van der Waals surface area (Å²) in [6, 6.07) is 8.10. The van der Waals surface area contributed by atoms with E-state index in [-0.39, 0.29) is 0 Å². The van der Waals surface area contributed by atoms with E-state index >= 15 is 0 Å². The van der Waals surface area contributed by atoms with Crippen LogP contribution in [-0.2, 0) is 0 Å². The second-order valence-electron chi connectivity index (χ2n) is 2.48. The highest BCUT2D eigenvalue weighted by Gasteiger charge is 1.91. The molecule has 1 nitrogen and oxygen atoms in total. The quantitative estimate of drug-likeness (QED) is 0.635. The maximum atomic E-state index is 5.55. The predicted molar refractivity (Wildman–Crippen MR) is 58.0 cm³/mol. The molecule has 0 unspecified atom stereocenters. The molecule has 0 saturated heterocycles. The van der Waals surface area contributed by atoms with E-state index in [1.54, 1.807) is 0 Å². The highest BCUT2D eigenvalue weighted by molar-refractivity contribution is 9.10. The molecule has 1 aromatic rings. The fourth-order valence-corrected chi connectivity index (χ4v) is 1.43. The molecular weight excluding hydrogens is 237 g/mol. The van der Waals surface area contributed by atoms with Crippen molar-refractivity contribution in [3.05, 3.63) is 28.7 Å². The number of halogens is 2. The minimum Gasteiger partial charge on any atom is -0.385 e. The lowest BCUT2D eigenvalue weighted by atomic mass is 10.3. The summed E-state index contributed by atoms with van der Waals surface area (Å²) >= 11 is 8.95. The van der Waals surface area contributed by atoms with E-state index in [2.05, 4.69) is 21.2 Å². The van der Waals surface area contributed by atoms with Crippen LogP contribution in [0.3, 0.4) is 0 Å². The standard InChI is InChI=1S/C9H11BrClN/c10-8-3-1-4-9(7-8)12-6-2-5-11/h1,3-4,7,12H,2,5-6H2. The summed E-state index contributed by atoms with van der Waals surface area (Å²) in [5, 5.41) is 3.27. The lowest BCUT2D eigenvalue weighted by Gasteiger charge is -2.04. The summed E-state index contributed by atoms with van der Waals surface area (Å²) in [5.41, 5.74) is 1.13. The molecule has 0 aliphatic heterocycles. The molecule has 3 heteroatoms. The highest BCUT2D eigenvalue weighted by atomic mass is 79.9. The van der Waals surface area contributed by atoms with Gasteiger partial charge in [0.1, 0.15) is 0 Å². The van der Waals surface area contributed by atoms with Gasteiger partial charge in [-0.2, -0.15) is 0 Å². The lowest BCUT2D eigenvalue weighted by Crippen LogP contribution is -2.01. The van der Waals surface area contributed by atoms with Gasteiger partial charge in [-0.1, -0.05) is 22.0 Å². The molecule has 0 bridgehead atoms. The van der Waals surface area contributed by atoms with Crippen molar-refractivity contribution in [2.24, 2.45) is 0 Å². The Morgan fingerprint density at radius 2 is 2.25 bits per heavy atom. The molecule has 0 fully saturated rings. The average Bonchev–Trinajstić information content (AvgIpc) is 2.05. The van der Waals surface area contributed by atoms with Crippen LogP contribution in [0.5, 0.6) is 0 Å². The van der Waals surface area contributed by atoms with Gasteiger partial charge in [-0.15, -0.1) is 11.6 Å². The molecule has 0 aromatic heterocycles. The normalized spacial score (nSPS) is 9.83. The molecule has 1 N–H and O–H groups in total. The molecule has 1 aromatic carbocycles. The SMILES string of the molecule is ClCCCNc1cccc(Br)c1. The third-order valence-corrected chi connectivity index (χ3v) is 2.22. The first-order chi connectivity index (χ1) is 5.83. The van der Waals surface area contributed by atoms with Crippen molar-refractivity contribution in [1.82, 2.24) is 0 Å². The molecule has 0 saturated carbocycles. The molecule has 0 aliphatic rings. The van der Waals surface area contributed by atoms with Crippen LogP contribution in [-0.4, -0.2) is 12.4 Å². The van der Waals surface area contributed by atoms with Gasteiger partial charge in [-0.25, -0.2) is 0 Å². The molecular formula is C9H11BrClN. The van der Waals surface area contributed by atoms with E-state index in [1.807, 2.05) is 24.3 Å². The van der Waals surface area contributed by atoms with E-state index in [4.69, 9.17) is 11.6 Å². The minimum atomic E-state index is 0.709. The molecule has 66 valence electrons. The zero-order valence-corrected chi connectivity index (χ0v) is 9.03. The largest absolute Gasteiger partial charge is 0.385 e. The molecule has 0 spiro atoms. The van der Waals surface area contributed by atoms with E-state index < -0.39 is 0 Å². The van der Waals surface area contributed by atoms with E-state index in [9.17, 15) is 0 Å². The Kier molecular flexibility index (Phi) is 4.48. The molecule has 1 rings (SSSR count). The van der Waals surface area contributed by atoms with Gasteiger partial charge in [0.15, 0.2) is 0 Å². The number of benzene rings is 1. The van der Waals surface area contributed by atoms with E-state index in [1.165, 1.54) is 0 Å². The lowest BCUT2D eigenvalue weighted by molar-refractivity contribution is 0.987. The number of anilines is 1. The van der Waals surface area contributed by atoms with Gasteiger partial charge in [0, 0.05) is 22.6 Å². The minimum absolute atomic E-state index is 0.709. The van der Waals surface area contributed by atoms with Gasteiger partial charge in [0.05, 0.1) is 0 Å². The van der Waals surface area contributed by atoms with Gasteiger partial charge < -0.3 is 5.32 Å². The van der Waals surface area contributed by atoms with Crippen LogP contribution in [0.4, 0.5) is 5.69 Å². The topological polar surface area (TPSA) is 12.0 Å². The summed E-state index contributed by atoms with van der Waals surface area (Å²) in [4.78, 5) is 0. The van der Waals surface area contributed by atoms with E-state index in [0.29, 0.717) is 5.88 Å². The smallest absolute Gasteiger partial charge is 0.0351 e. The van der Waals surface area contributed by atoms with Gasteiger partial charge in [-0.05, 0) is 24.6 Å². The molecule has 0 atom stereocenters. The summed E-state index contributed by atoms with van der Waals surface area (Å²) in [6.07, 6.45) is 0.994. The highest BCUT2D eigenvalue weighted by Crippen LogP contribution is 2.15. The average molecular weight is 249 g/mol. The van der Waals surface area contributed by atoms with Crippen LogP contribution in [0.15, 0.2) is 28.7 Å². The van der Waals surface area contributed by atoms with Gasteiger partial charge in [0.2, 0.25) is 0 Å². The summed E-state index contributed by atoms with van der Waals surface area (Å²) in [7, 11) is 0. The summed E-state index contributed by atoms with van der Waals surface area (Å²) in [5.74, 6) is 0.709. The predicted octanol–water partition coefficient (Wildman–Crippen LogP) is 3.49. The Morgan fingerprint density at radius 1 is 1.42 bits per heavy atom. The van der Waals surface area contributed by atoms with Crippen molar-refractivity contribution in [3.8, 4) is 0 Å². The number of hydrogen-bond acceptors (Lipinski definition) is 1. The van der Waals surface area contributed by atoms with Crippen LogP contribution in [0.25, 0.3) is 0 Å². The van der Waals surface area contributed by atoms with Crippen molar-refractivity contribution in [3.63, 3.8) is 0 Å². The first-order valence-corrected chi connectivity index (χ1v) is 5.21. The fraction of sp³-hybridized carbons (Fsp3) is 0.333. The third kappa shape index (κ3) is 3.46. The van der Waals surface area contributed by atoms with Crippen LogP contribution in [0.2, 0.25) is 0 Å². The number of rotatable bonds is 4. The van der Waals surface area contributed by atoms with Crippen molar-refractivity contribution >= 4 is 33.2 Å². The number of hydrogen-bond donors (Lipinski definition) is 1. The summed E-state index contributed by atoms with van der Waals surface area (Å²) in [6.45, 7) is 0.931. The van der Waals surface area contributed by atoms with Crippen molar-refractivity contribution in [2.75, 3.05) is 17.7 Å². The number of alkyl halides is 1. The Morgan fingerprint density at radius 3 is 2.92 bits per heavy atom. The maximum absolute atomic E-state index is 5.55. The Balaban J connectivity index is 2.41. The fourth-order valence-electron chi connectivity index (χ4n) is 0.898. The maximum Gasteiger partial charge on any atom is 0.0351 e. The second-order valence-corrected chi connectivity index (χ2v) is 3.77. The van der Waals surface area contributed by atoms with Gasteiger partial charge in [0.25, 0.3) is 0 Å². The van der Waals surface area contributed by atoms with Crippen LogP contribution in [0, 0.1) is 0 Å². The van der Waals surface area contributed by atoms with Crippen LogP contribution >= 0.6 is 27.5 Å². The zero-order chi connectivity index (χ0) is 8.81. The third-order valence-electron chi connectivity index (χ3n) is 1.46. The van der Waals surface area contributed by atoms with Crippen molar-refractivity contribution < 1.29 is 0 Å². The second kappa shape index (κ2) is 5.44. The first kappa shape index (κ1) is 9.87. The Bertz CT molecular complexity index is 240. The van der Waals surface area contributed by atoms with Gasteiger partial charge >= 0.3 is 0 Å².